The number of halogens is 1. The van der Waals surface area contributed by atoms with Gasteiger partial charge in [-0.2, -0.15) is 0 Å². The van der Waals surface area contributed by atoms with Crippen LogP contribution in [0.25, 0.3) is 0 Å². The maximum absolute atomic E-state index is 12.3. The third-order valence-corrected chi connectivity index (χ3v) is 5.16. The fourth-order valence-electron chi connectivity index (χ4n) is 3.22. The van der Waals surface area contributed by atoms with Crippen LogP contribution in [-0.4, -0.2) is 50.3 Å². The Labute approximate surface area is 165 Å². The van der Waals surface area contributed by atoms with Crippen molar-refractivity contribution in [1.82, 2.24) is 10.2 Å². The Bertz CT molecular complexity index is 789. The second kappa shape index (κ2) is 9.00. The highest BCUT2D eigenvalue weighted by molar-refractivity contribution is 6.30. The van der Waals surface area contributed by atoms with Gasteiger partial charge >= 0.3 is 6.03 Å². The van der Waals surface area contributed by atoms with Gasteiger partial charge in [-0.05, 0) is 49.2 Å². The summed E-state index contributed by atoms with van der Waals surface area (Å²) in [5, 5.41) is 3.56. The Kier molecular flexibility index (Phi) is 6.45. The van der Waals surface area contributed by atoms with Crippen molar-refractivity contribution in [3.8, 4) is 5.75 Å². The molecule has 0 bridgehead atoms. The van der Waals surface area contributed by atoms with E-state index < -0.39 is 0 Å². The van der Waals surface area contributed by atoms with E-state index in [4.69, 9.17) is 16.3 Å². The lowest BCUT2D eigenvalue weighted by Gasteiger charge is -2.37. The smallest absolute Gasteiger partial charge is 0.317 e. The molecule has 1 aliphatic rings. The largest absolute Gasteiger partial charge is 0.492 e. The molecule has 2 amide bonds. The molecule has 3 rings (SSSR count). The number of carbonyl (C=O) groups is 1. The number of carbonyl (C=O) groups excluding carboxylic acids is 1. The number of hydrogen-bond donors (Lipinski definition) is 1. The number of piperazine rings is 1. The summed E-state index contributed by atoms with van der Waals surface area (Å²) < 4.78 is 5.60. The molecule has 2 aromatic carbocycles. The first kappa shape index (κ1) is 19.4. The zero-order valence-electron chi connectivity index (χ0n) is 15.9. The van der Waals surface area contributed by atoms with Gasteiger partial charge in [-0.3, -0.25) is 0 Å². The zero-order valence-corrected chi connectivity index (χ0v) is 16.6. The van der Waals surface area contributed by atoms with Crippen molar-refractivity contribution in [2.24, 2.45) is 0 Å². The first-order chi connectivity index (χ1) is 13.0. The van der Waals surface area contributed by atoms with Gasteiger partial charge in [0.25, 0.3) is 0 Å². The van der Waals surface area contributed by atoms with Crippen molar-refractivity contribution < 1.29 is 9.53 Å². The van der Waals surface area contributed by atoms with E-state index in [2.05, 4.69) is 42.3 Å². The van der Waals surface area contributed by atoms with E-state index >= 15 is 0 Å². The summed E-state index contributed by atoms with van der Waals surface area (Å²) in [6, 6.07) is 13.6. The Hall–Kier alpha value is -2.40. The standard InChI is InChI=1S/C21H26ClN3O2/c1-16-5-3-8-20(17(16)2)24-10-12-25(13-11-24)21(26)23-9-14-27-19-7-4-6-18(22)15-19/h3-8,15H,9-14H2,1-2H3,(H,23,26). The van der Waals surface area contributed by atoms with Crippen LogP contribution in [0.2, 0.25) is 5.02 Å². The van der Waals surface area contributed by atoms with Gasteiger partial charge in [0.15, 0.2) is 0 Å². The SMILES string of the molecule is Cc1cccc(N2CCN(C(=O)NCCOc3cccc(Cl)c3)CC2)c1C. The van der Waals surface area contributed by atoms with Crippen molar-refractivity contribution >= 4 is 23.3 Å². The Morgan fingerprint density at radius 1 is 1.11 bits per heavy atom. The van der Waals surface area contributed by atoms with Gasteiger partial charge in [-0.1, -0.05) is 29.8 Å². The van der Waals surface area contributed by atoms with E-state index in [9.17, 15) is 4.79 Å². The maximum Gasteiger partial charge on any atom is 0.317 e. The van der Waals surface area contributed by atoms with E-state index in [1.165, 1.54) is 16.8 Å². The molecule has 1 saturated heterocycles. The van der Waals surface area contributed by atoms with Crippen LogP contribution in [0, 0.1) is 13.8 Å². The molecule has 144 valence electrons. The molecular formula is C21H26ClN3O2. The van der Waals surface area contributed by atoms with Gasteiger partial charge in [0.1, 0.15) is 12.4 Å². The molecule has 5 nitrogen and oxygen atoms in total. The van der Waals surface area contributed by atoms with E-state index in [-0.39, 0.29) is 6.03 Å². The number of urea groups is 1. The molecule has 0 unspecified atom stereocenters. The molecule has 1 aliphatic heterocycles. The lowest BCUT2D eigenvalue weighted by atomic mass is 10.1. The molecule has 6 heteroatoms. The zero-order chi connectivity index (χ0) is 19.2. The Morgan fingerprint density at radius 3 is 2.59 bits per heavy atom. The summed E-state index contributed by atoms with van der Waals surface area (Å²) in [5.41, 5.74) is 3.88. The van der Waals surface area contributed by atoms with Crippen LogP contribution >= 0.6 is 11.6 Å². The quantitative estimate of drug-likeness (QED) is 0.792. The average Bonchev–Trinajstić information content (AvgIpc) is 2.67. The first-order valence-corrected chi connectivity index (χ1v) is 9.64. The lowest BCUT2D eigenvalue weighted by Crippen LogP contribution is -2.52. The van der Waals surface area contributed by atoms with Gasteiger partial charge in [0, 0.05) is 36.9 Å². The third kappa shape index (κ3) is 5.07. The van der Waals surface area contributed by atoms with Crippen molar-refractivity contribution in [1.29, 1.82) is 0 Å². The average molecular weight is 388 g/mol. The van der Waals surface area contributed by atoms with Crippen LogP contribution in [0.5, 0.6) is 5.75 Å². The molecule has 0 aromatic heterocycles. The van der Waals surface area contributed by atoms with E-state index in [0.29, 0.717) is 37.0 Å². The summed E-state index contributed by atoms with van der Waals surface area (Å²) in [5.74, 6) is 0.707. The van der Waals surface area contributed by atoms with Crippen LogP contribution in [0.15, 0.2) is 42.5 Å². The highest BCUT2D eigenvalue weighted by Crippen LogP contribution is 2.23. The first-order valence-electron chi connectivity index (χ1n) is 9.27. The molecule has 0 saturated carbocycles. The molecule has 0 radical (unpaired) electrons. The molecule has 0 aliphatic carbocycles. The number of nitrogens with zero attached hydrogens (tertiary/aromatic N) is 2. The number of nitrogens with one attached hydrogen (secondary N) is 1. The number of benzene rings is 2. The maximum atomic E-state index is 12.3. The predicted octanol–water partition coefficient (Wildman–Crippen LogP) is 3.87. The predicted molar refractivity (Wildman–Crippen MR) is 110 cm³/mol. The normalized spacial score (nSPS) is 14.2. The minimum Gasteiger partial charge on any atom is -0.492 e. The molecule has 27 heavy (non-hydrogen) atoms. The van der Waals surface area contributed by atoms with Gasteiger partial charge < -0.3 is 19.9 Å². The topological polar surface area (TPSA) is 44.8 Å². The van der Waals surface area contributed by atoms with E-state index in [1.807, 2.05) is 17.0 Å². The van der Waals surface area contributed by atoms with Crippen LogP contribution in [0.3, 0.4) is 0 Å². The number of aryl methyl sites for hydroxylation is 1. The van der Waals surface area contributed by atoms with E-state index in [1.54, 1.807) is 12.1 Å². The molecule has 2 aromatic rings. The number of rotatable bonds is 5. The summed E-state index contributed by atoms with van der Waals surface area (Å²) in [7, 11) is 0. The molecule has 0 atom stereocenters. The second-order valence-electron chi connectivity index (χ2n) is 6.73. The van der Waals surface area contributed by atoms with Gasteiger partial charge in [0.2, 0.25) is 0 Å². The Balaban J connectivity index is 1.41. The molecule has 1 N–H and O–H groups in total. The van der Waals surface area contributed by atoms with Crippen molar-refractivity contribution in [2.75, 3.05) is 44.2 Å². The number of amides is 2. The molecule has 1 heterocycles. The highest BCUT2D eigenvalue weighted by atomic mass is 35.5. The van der Waals surface area contributed by atoms with Crippen LogP contribution in [0.1, 0.15) is 11.1 Å². The minimum atomic E-state index is -0.0368. The third-order valence-electron chi connectivity index (χ3n) is 4.93. The number of hydrogen-bond acceptors (Lipinski definition) is 3. The minimum absolute atomic E-state index is 0.0368. The fraction of sp³-hybridized carbons (Fsp3) is 0.381. The van der Waals surface area contributed by atoms with Crippen molar-refractivity contribution in [3.05, 3.63) is 58.6 Å². The van der Waals surface area contributed by atoms with Crippen LogP contribution in [-0.2, 0) is 0 Å². The summed E-state index contributed by atoms with van der Waals surface area (Å²) in [4.78, 5) is 16.6. The summed E-state index contributed by atoms with van der Waals surface area (Å²) in [6.45, 7) is 8.28. The lowest BCUT2D eigenvalue weighted by molar-refractivity contribution is 0.191. The van der Waals surface area contributed by atoms with Crippen LogP contribution < -0.4 is 15.0 Å². The monoisotopic (exact) mass is 387 g/mol. The van der Waals surface area contributed by atoms with E-state index in [0.717, 1.165) is 13.1 Å². The summed E-state index contributed by atoms with van der Waals surface area (Å²) in [6.07, 6.45) is 0. The molecular weight excluding hydrogens is 362 g/mol. The second-order valence-corrected chi connectivity index (χ2v) is 7.17. The fourth-order valence-corrected chi connectivity index (χ4v) is 3.40. The van der Waals surface area contributed by atoms with Crippen LogP contribution in [0.4, 0.5) is 10.5 Å². The van der Waals surface area contributed by atoms with Crippen molar-refractivity contribution in [2.45, 2.75) is 13.8 Å². The summed E-state index contributed by atoms with van der Waals surface area (Å²) >= 11 is 5.92. The van der Waals surface area contributed by atoms with Gasteiger partial charge in [0.05, 0.1) is 6.54 Å². The Morgan fingerprint density at radius 2 is 1.85 bits per heavy atom. The van der Waals surface area contributed by atoms with Crippen molar-refractivity contribution in [3.63, 3.8) is 0 Å². The van der Waals surface area contributed by atoms with Gasteiger partial charge in [-0.15, -0.1) is 0 Å². The number of anilines is 1. The number of ether oxygens (including phenoxy) is 1. The molecule has 0 spiro atoms. The highest BCUT2D eigenvalue weighted by Gasteiger charge is 2.22. The molecule has 1 fully saturated rings. The van der Waals surface area contributed by atoms with Gasteiger partial charge in [-0.25, -0.2) is 4.79 Å².